The van der Waals surface area contributed by atoms with E-state index in [9.17, 15) is 34.2 Å². The Morgan fingerprint density at radius 3 is 1.68 bits per heavy atom. The van der Waals surface area contributed by atoms with Crippen molar-refractivity contribution in [1.82, 2.24) is 21.3 Å². The van der Waals surface area contributed by atoms with Gasteiger partial charge in [-0.2, -0.15) is 11.8 Å². The van der Waals surface area contributed by atoms with Crippen LogP contribution in [0.4, 0.5) is 0 Å². The summed E-state index contributed by atoms with van der Waals surface area (Å²) in [6, 6.07) is -1.94. The van der Waals surface area contributed by atoms with Crippen LogP contribution in [0.25, 0.3) is 0 Å². The molecule has 0 spiro atoms. The molecule has 0 fully saturated rings. The number of nitrogens with two attached hydrogens (primary N) is 2. The summed E-state index contributed by atoms with van der Waals surface area (Å²) in [5, 5.41) is 56.1. The standard InChI is InChI=1S/C20H38N6O10S2/c21-11(19(33)34)7-37-9-15(29)24-4-3-23-14(28)2-1-13(27)17(31)18(32)26-6-5-25-16(30)10-38-8-12(22)20(35)36/h11-13,17,20,27,31,35-36H,1-10,21-22H2,(H,23,28)(H,24,29)(H,25,30)(H,26,32)(H,33,34)/t11?,12?,13-,17+/m1/s1. The van der Waals surface area contributed by atoms with E-state index in [2.05, 4.69) is 21.3 Å². The van der Waals surface area contributed by atoms with Crippen LogP contribution < -0.4 is 32.7 Å². The topological polar surface area (TPSA) is 287 Å². The number of carboxylic acids is 1. The summed E-state index contributed by atoms with van der Waals surface area (Å²) < 4.78 is 0. The van der Waals surface area contributed by atoms with Gasteiger partial charge in [0.05, 0.1) is 23.7 Å². The second kappa shape index (κ2) is 20.7. The van der Waals surface area contributed by atoms with Crippen LogP contribution in [0.15, 0.2) is 0 Å². The van der Waals surface area contributed by atoms with Crippen molar-refractivity contribution in [2.45, 2.75) is 43.4 Å². The summed E-state index contributed by atoms with van der Waals surface area (Å²) in [6.07, 6.45) is -5.36. The van der Waals surface area contributed by atoms with E-state index >= 15 is 0 Å². The molecule has 0 aromatic heterocycles. The summed E-state index contributed by atoms with van der Waals surface area (Å²) in [4.78, 5) is 57.7. The monoisotopic (exact) mass is 586 g/mol. The van der Waals surface area contributed by atoms with E-state index in [1.807, 2.05) is 0 Å². The molecule has 16 nitrogen and oxygen atoms in total. The predicted molar refractivity (Wildman–Crippen MR) is 140 cm³/mol. The number of aliphatic carboxylic acids is 1. The van der Waals surface area contributed by atoms with Crippen LogP contribution in [0.2, 0.25) is 0 Å². The van der Waals surface area contributed by atoms with Crippen LogP contribution in [-0.4, -0.2) is 135 Å². The summed E-state index contributed by atoms with van der Waals surface area (Å²) in [7, 11) is 0. The Bertz CT molecular complexity index is 764. The van der Waals surface area contributed by atoms with Gasteiger partial charge in [0.15, 0.2) is 12.4 Å². The number of aliphatic hydroxyl groups is 4. The average Bonchev–Trinajstić information content (AvgIpc) is 2.86. The van der Waals surface area contributed by atoms with Crippen LogP contribution in [0.3, 0.4) is 0 Å². The van der Waals surface area contributed by atoms with Crippen molar-refractivity contribution in [1.29, 1.82) is 0 Å². The molecule has 0 heterocycles. The van der Waals surface area contributed by atoms with Gasteiger partial charge in [0.2, 0.25) is 17.7 Å². The number of carbonyl (C=O) groups is 5. The number of aliphatic hydroxyl groups excluding tert-OH is 3. The normalized spacial score (nSPS) is 14.2. The molecule has 0 saturated carbocycles. The molecule has 0 aliphatic carbocycles. The zero-order chi connectivity index (χ0) is 29.1. The molecular weight excluding hydrogens is 548 g/mol. The number of rotatable bonds is 21. The quantitative estimate of drug-likeness (QED) is 0.0442. The van der Waals surface area contributed by atoms with E-state index in [0.717, 1.165) is 23.5 Å². The molecule has 2 unspecified atom stereocenters. The van der Waals surface area contributed by atoms with Crippen molar-refractivity contribution in [2.75, 3.05) is 49.2 Å². The lowest BCUT2D eigenvalue weighted by Crippen LogP contribution is -2.45. The third-order valence-electron chi connectivity index (χ3n) is 4.59. The van der Waals surface area contributed by atoms with E-state index in [1.165, 1.54) is 0 Å². The van der Waals surface area contributed by atoms with Gasteiger partial charge in [-0.1, -0.05) is 0 Å². The van der Waals surface area contributed by atoms with Crippen molar-refractivity contribution in [2.24, 2.45) is 11.5 Å². The zero-order valence-electron chi connectivity index (χ0n) is 20.7. The molecule has 0 aliphatic rings. The number of hydrogen-bond acceptors (Lipinski definition) is 13. The van der Waals surface area contributed by atoms with Crippen LogP contribution in [0.1, 0.15) is 12.8 Å². The van der Waals surface area contributed by atoms with Crippen molar-refractivity contribution in [3.05, 3.63) is 0 Å². The Balaban J connectivity index is 3.92. The van der Waals surface area contributed by atoms with Gasteiger partial charge in [-0.05, 0) is 6.42 Å². The van der Waals surface area contributed by atoms with Crippen molar-refractivity contribution in [3.8, 4) is 0 Å². The largest absolute Gasteiger partial charge is 0.480 e. The molecule has 0 aromatic rings. The highest BCUT2D eigenvalue weighted by Crippen LogP contribution is 2.04. The van der Waals surface area contributed by atoms with Crippen molar-refractivity contribution in [3.63, 3.8) is 0 Å². The molecule has 0 radical (unpaired) electrons. The fourth-order valence-electron chi connectivity index (χ4n) is 2.42. The Hall–Kier alpha value is -2.19. The minimum absolute atomic E-state index is 0.0128. The number of carboxylic acid groups (broad SMARTS) is 1. The van der Waals surface area contributed by atoms with Crippen LogP contribution in [-0.2, 0) is 24.0 Å². The Morgan fingerprint density at radius 1 is 0.711 bits per heavy atom. The number of thioether (sulfide) groups is 2. The number of carbonyl (C=O) groups excluding carboxylic acids is 4. The number of nitrogens with one attached hydrogen (secondary N) is 4. The Morgan fingerprint density at radius 2 is 1.18 bits per heavy atom. The van der Waals surface area contributed by atoms with Crippen LogP contribution in [0.5, 0.6) is 0 Å². The molecule has 18 heteroatoms. The SMILES string of the molecule is NC(CSCC(=O)NCCNC(=O)CC[C@@H](O)[C@H](O)C(=O)NCCNC(=O)CSCC(N)C(O)O)C(=O)O. The first-order valence-corrected chi connectivity index (χ1v) is 13.9. The number of amides is 4. The Kier molecular flexibility index (Phi) is 19.5. The predicted octanol–water partition coefficient (Wildman–Crippen LogP) is -5.53. The smallest absolute Gasteiger partial charge is 0.321 e. The molecule has 4 atom stereocenters. The summed E-state index contributed by atoms with van der Waals surface area (Å²) in [5.74, 6) is -2.95. The van der Waals surface area contributed by atoms with E-state index in [-0.39, 0.29) is 73.8 Å². The van der Waals surface area contributed by atoms with Gasteiger partial charge < -0.3 is 58.3 Å². The fraction of sp³-hybridized carbons (Fsp3) is 0.750. The molecule has 0 aliphatic heterocycles. The molecule has 38 heavy (non-hydrogen) atoms. The fourth-order valence-corrected chi connectivity index (χ4v) is 4.07. The Labute approximate surface area is 228 Å². The molecule has 13 N–H and O–H groups in total. The molecule has 0 aromatic carbocycles. The molecule has 0 bridgehead atoms. The third-order valence-corrected chi connectivity index (χ3v) is 6.74. The highest BCUT2D eigenvalue weighted by molar-refractivity contribution is 8.00. The summed E-state index contributed by atoms with van der Waals surface area (Å²) in [5.41, 5.74) is 10.7. The molecule has 0 rings (SSSR count). The average molecular weight is 587 g/mol. The molecule has 220 valence electrons. The highest BCUT2D eigenvalue weighted by atomic mass is 32.2. The minimum Gasteiger partial charge on any atom is -0.480 e. The van der Waals surface area contributed by atoms with Crippen molar-refractivity contribution >= 4 is 53.1 Å². The second-order valence-corrected chi connectivity index (χ2v) is 10.0. The van der Waals surface area contributed by atoms with Crippen LogP contribution >= 0.6 is 23.5 Å². The van der Waals surface area contributed by atoms with E-state index in [1.54, 1.807) is 0 Å². The minimum atomic E-state index is -1.79. The summed E-state index contributed by atoms with van der Waals surface area (Å²) in [6.45, 7) is 0.253. The molecule has 0 saturated heterocycles. The number of hydrogen-bond donors (Lipinski definition) is 11. The molecule has 4 amide bonds. The van der Waals surface area contributed by atoms with Crippen molar-refractivity contribution < 1.29 is 49.5 Å². The summed E-state index contributed by atoms with van der Waals surface area (Å²) >= 11 is 2.16. The van der Waals surface area contributed by atoms with E-state index in [0.29, 0.717) is 0 Å². The van der Waals surface area contributed by atoms with Gasteiger partial charge in [0.25, 0.3) is 5.91 Å². The lowest BCUT2D eigenvalue weighted by atomic mass is 10.1. The molecular formula is C20H38N6O10S2. The first-order valence-electron chi connectivity index (χ1n) is 11.5. The maximum Gasteiger partial charge on any atom is 0.321 e. The van der Waals surface area contributed by atoms with Gasteiger partial charge in [0.1, 0.15) is 6.04 Å². The zero-order valence-corrected chi connectivity index (χ0v) is 22.3. The highest BCUT2D eigenvalue weighted by Gasteiger charge is 2.24. The van der Waals surface area contributed by atoms with E-state index in [4.69, 9.17) is 26.8 Å². The first-order chi connectivity index (χ1) is 17.8. The van der Waals surface area contributed by atoms with Gasteiger partial charge >= 0.3 is 5.97 Å². The van der Waals surface area contributed by atoms with Gasteiger partial charge in [-0.3, -0.25) is 24.0 Å². The maximum absolute atomic E-state index is 11.9. The third kappa shape index (κ3) is 18.1. The lowest BCUT2D eigenvalue weighted by Gasteiger charge is -2.17. The maximum atomic E-state index is 11.9. The first kappa shape index (κ1) is 35.8. The van der Waals surface area contributed by atoms with Gasteiger partial charge in [0, 0.05) is 44.1 Å². The lowest BCUT2D eigenvalue weighted by molar-refractivity contribution is -0.138. The van der Waals surface area contributed by atoms with Gasteiger partial charge in [-0.25, -0.2) is 0 Å². The van der Waals surface area contributed by atoms with E-state index < -0.39 is 48.4 Å². The second-order valence-electron chi connectivity index (χ2n) is 7.94. The van der Waals surface area contributed by atoms with Crippen LogP contribution in [0, 0.1) is 0 Å². The van der Waals surface area contributed by atoms with Gasteiger partial charge in [-0.15, -0.1) is 11.8 Å².